The van der Waals surface area contributed by atoms with Gasteiger partial charge in [-0.05, 0) is 63.7 Å². The molecule has 0 aliphatic heterocycles. The van der Waals surface area contributed by atoms with Gasteiger partial charge in [-0.15, -0.1) is 11.3 Å². The third-order valence-electron chi connectivity index (χ3n) is 6.05. The van der Waals surface area contributed by atoms with Crippen molar-refractivity contribution in [1.29, 1.82) is 0 Å². The molecule has 198 valence electrons. The van der Waals surface area contributed by atoms with Crippen LogP contribution in [0.25, 0.3) is 6.08 Å². The number of nitrogens with one attached hydrogen (secondary N) is 1. The smallest absolute Gasteiger partial charge is 0.341 e. The summed E-state index contributed by atoms with van der Waals surface area (Å²) in [7, 11) is 4.12. The van der Waals surface area contributed by atoms with Gasteiger partial charge >= 0.3 is 11.9 Å². The quantitative estimate of drug-likeness (QED) is 0.247. The third kappa shape index (κ3) is 5.92. The van der Waals surface area contributed by atoms with E-state index in [0.29, 0.717) is 51.5 Å². The first kappa shape index (κ1) is 27.4. The molecule has 0 radical (unpaired) electrons. The SMILES string of the molecule is COC(=O)c1c(NC(=O)/C=C/c2cc(Br)c(OCc3ccccc3)c(OC)c2)sc2c1C(C(=O)OC)CC2. The number of amides is 1. The minimum absolute atomic E-state index is 0.200. The Balaban J connectivity index is 1.52. The summed E-state index contributed by atoms with van der Waals surface area (Å²) in [5.41, 5.74) is 2.49. The molecule has 0 spiro atoms. The lowest BCUT2D eigenvalue weighted by molar-refractivity contribution is -0.142. The summed E-state index contributed by atoms with van der Waals surface area (Å²) >= 11 is 4.80. The fourth-order valence-corrected chi connectivity index (χ4v) is 6.11. The van der Waals surface area contributed by atoms with Crippen LogP contribution in [0.4, 0.5) is 5.00 Å². The van der Waals surface area contributed by atoms with Crippen LogP contribution in [-0.2, 0) is 32.1 Å². The molecule has 1 aliphatic rings. The predicted octanol–water partition coefficient (Wildman–Crippen LogP) is 5.74. The number of anilines is 1. The summed E-state index contributed by atoms with van der Waals surface area (Å²) in [5.74, 6) is -0.975. The van der Waals surface area contributed by atoms with Gasteiger partial charge in [0.05, 0.1) is 37.3 Å². The summed E-state index contributed by atoms with van der Waals surface area (Å²) in [6.45, 7) is 0.373. The van der Waals surface area contributed by atoms with Gasteiger partial charge in [-0.1, -0.05) is 30.3 Å². The summed E-state index contributed by atoms with van der Waals surface area (Å²) in [4.78, 5) is 38.5. The van der Waals surface area contributed by atoms with Crippen molar-refractivity contribution in [2.24, 2.45) is 0 Å². The molecule has 2 aromatic carbocycles. The van der Waals surface area contributed by atoms with Crippen molar-refractivity contribution in [3.05, 3.63) is 80.1 Å². The summed E-state index contributed by atoms with van der Waals surface area (Å²) in [6.07, 6.45) is 4.14. The zero-order chi connectivity index (χ0) is 27.2. The number of thiophene rings is 1. The number of rotatable bonds is 9. The molecule has 1 N–H and O–H groups in total. The number of fused-ring (bicyclic) bond motifs is 1. The maximum Gasteiger partial charge on any atom is 0.341 e. The number of esters is 2. The van der Waals surface area contributed by atoms with Crippen LogP contribution in [0.3, 0.4) is 0 Å². The van der Waals surface area contributed by atoms with E-state index >= 15 is 0 Å². The summed E-state index contributed by atoms with van der Waals surface area (Å²) < 4.78 is 22.0. The van der Waals surface area contributed by atoms with Gasteiger partial charge in [-0.25, -0.2) is 4.79 Å². The molecular formula is C28H26BrNO7S. The largest absolute Gasteiger partial charge is 0.493 e. The Morgan fingerprint density at radius 1 is 1.11 bits per heavy atom. The highest BCUT2D eigenvalue weighted by molar-refractivity contribution is 9.10. The van der Waals surface area contributed by atoms with Gasteiger partial charge in [0, 0.05) is 11.0 Å². The number of benzene rings is 2. The number of aryl methyl sites for hydroxylation is 1. The van der Waals surface area contributed by atoms with E-state index in [1.165, 1.54) is 31.6 Å². The van der Waals surface area contributed by atoms with Crippen LogP contribution in [0.15, 0.2) is 53.0 Å². The summed E-state index contributed by atoms with van der Waals surface area (Å²) in [6, 6.07) is 13.3. The first-order valence-electron chi connectivity index (χ1n) is 11.7. The summed E-state index contributed by atoms with van der Waals surface area (Å²) in [5, 5.41) is 3.11. The molecule has 0 saturated carbocycles. The van der Waals surface area contributed by atoms with Gasteiger partial charge in [0.2, 0.25) is 5.91 Å². The predicted molar refractivity (Wildman–Crippen MR) is 148 cm³/mol. The van der Waals surface area contributed by atoms with E-state index in [2.05, 4.69) is 21.2 Å². The maximum atomic E-state index is 12.8. The second-order valence-corrected chi connectivity index (χ2v) is 10.3. The minimum atomic E-state index is -0.614. The molecule has 1 amide bonds. The number of halogens is 1. The monoisotopic (exact) mass is 599 g/mol. The highest BCUT2D eigenvalue weighted by Crippen LogP contribution is 2.46. The fourth-order valence-electron chi connectivity index (χ4n) is 4.27. The Morgan fingerprint density at radius 2 is 1.87 bits per heavy atom. The van der Waals surface area contributed by atoms with Gasteiger partial charge in [-0.2, -0.15) is 0 Å². The Kier molecular flexibility index (Phi) is 8.85. The maximum absolute atomic E-state index is 12.8. The van der Waals surface area contributed by atoms with Crippen molar-refractivity contribution in [3.8, 4) is 11.5 Å². The number of ether oxygens (including phenoxy) is 4. The minimum Gasteiger partial charge on any atom is -0.493 e. The zero-order valence-electron chi connectivity index (χ0n) is 21.0. The van der Waals surface area contributed by atoms with E-state index in [0.717, 1.165) is 10.4 Å². The molecule has 8 nitrogen and oxygen atoms in total. The topological polar surface area (TPSA) is 100 Å². The molecular weight excluding hydrogens is 574 g/mol. The van der Waals surface area contributed by atoms with Gasteiger partial charge in [-0.3, -0.25) is 9.59 Å². The molecule has 1 aliphatic carbocycles. The molecule has 10 heteroatoms. The van der Waals surface area contributed by atoms with Crippen LogP contribution in [0, 0.1) is 0 Å². The average Bonchev–Trinajstić information content (AvgIpc) is 3.49. The fraction of sp³-hybridized carbons (Fsp3) is 0.250. The van der Waals surface area contributed by atoms with Crippen LogP contribution in [-0.4, -0.2) is 39.2 Å². The van der Waals surface area contributed by atoms with Crippen molar-refractivity contribution >= 4 is 56.2 Å². The molecule has 1 aromatic heterocycles. The van der Waals surface area contributed by atoms with Crippen LogP contribution in [0.2, 0.25) is 0 Å². The van der Waals surface area contributed by atoms with E-state index < -0.39 is 23.8 Å². The number of hydrogen-bond acceptors (Lipinski definition) is 8. The van der Waals surface area contributed by atoms with E-state index in [9.17, 15) is 14.4 Å². The van der Waals surface area contributed by atoms with Gasteiger partial charge in [0.15, 0.2) is 11.5 Å². The van der Waals surface area contributed by atoms with Gasteiger partial charge in [0.1, 0.15) is 11.6 Å². The lowest BCUT2D eigenvalue weighted by Crippen LogP contribution is -2.16. The molecule has 3 aromatic rings. The van der Waals surface area contributed by atoms with E-state index in [4.69, 9.17) is 18.9 Å². The molecule has 1 heterocycles. The second-order valence-electron chi connectivity index (χ2n) is 8.38. The normalized spacial score (nSPS) is 14.2. The molecule has 0 saturated heterocycles. The molecule has 0 bridgehead atoms. The first-order valence-corrected chi connectivity index (χ1v) is 13.3. The lowest BCUT2D eigenvalue weighted by atomic mass is 9.99. The number of carbonyl (C=O) groups is 3. The van der Waals surface area contributed by atoms with Crippen molar-refractivity contribution in [2.45, 2.75) is 25.4 Å². The van der Waals surface area contributed by atoms with Gasteiger partial charge in [0.25, 0.3) is 0 Å². The Bertz CT molecular complexity index is 1380. The molecule has 4 rings (SSSR count). The van der Waals surface area contributed by atoms with Crippen LogP contribution < -0.4 is 14.8 Å². The second kappa shape index (κ2) is 12.3. The Morgan fingerprint density at radius 3 is 2.55 bits per heavy atom. The Labute approximate surface area is 232 Å². The highest BCUT2D eigenvalue weighted by Gasteiger charge is 2.38. The lowest BCUT2D eigenvalue weighted by Gasteiger charge is -2.13. The van der Waals surface area contributed by atoms with Crippen molar-refractivity contribution in [1.82, 2.24) is 0 Å². The number of methoxy groups -OCH3 is 3. The van der Waals surface area contributed by atoms with E-state index in [1.54, 1.807) is 19.3 Å². The standard InChI is InChI=1S/C28H26BrNO7S/c1-34-20-14-17(13-19(29)25(20)37-15-16-7-5-4-6-8-16)9-12-22(31)30-26-24(28(33)36-3)23-18(27(32)35-2)10-11-21(23)38-26/h4-9,12-14,18H,10-11,15H2,1-3H3,(H,30,31)/b12-9+. The zero-order valence-corrected chi connectivity index (χ0v) is 23.4. The van der Waals surface area contributed by atoms with Crippen molar-refractivity contribution in [3.63, 3.8) is 0 Å². The van der Waals surface area contributed by atoms with Crippen LogP contribution >= 0.6 is 27.3 Å². The average molecular weight is 600 g/mol. The number of carbonyl (C=O) groups excluding carboxylic acids is 3. The first-order chi connectivity index (χ1) is 18.4. The molecule has 38 heavy (non-hydrogen) atoms. The van der Waals surface area contributed by atoms with Crippen molar-refractivity contribution in [2.75, 3.05) is 26.6 Å². The molecule has 0 fully saturated rings. The van der Waals surface area contributed by atoms with Crippen molar-refractivity contribution < 1.29 is 33.3 Å². The molecule has 1 atom stereocenters. The number of hydrogen-bond donors (Lipinski definition) is 1. The van der Waals surface area contributed by atoms with Crippen LogP contribution in [0.1, 0.15) is 44.3 Å². The molecule has 1 unspecified atom stereocenters. The van der Waals surface area contributed by atoms with E-state index in [-0.39, 0.29) is 5.56 Å². The highest BCUT2D eigenvalue weighted by atomic mass is 79.9. The Hall–Kier alpha value is -3.63. The van der Waals surface area contributed by atoms with Crippen LogP contribution in [0.5, 0.6) is 11.5 Å². The van der Waals surface area contributed by atoms with Gasteiger partial charge < -0.3 is 24.3 Å². The van der Waals surface area contributed by atoms with E-state index in [1.807, 2.05) is 36.4 Å². The third-order valence-corrected chi connectivity index (χ3v) is 7.82.